The van der Waals surface area contributed by atoms with Gasteiger partial charge < -0.3 is 9.73 Å². The molecule has 2 N–H and O–H groups in total. The van der Waals surface area contributed by atoms with Gasteiger partial charge in [0.05, 0.1) is 19.0 Å². The quantitative estimate of drug-likeness (QED) is 0.613. The fourth-order valence-corrected chi connectivity index (χ4v) is 1.34. The van der Waals surface area contributed by atoms with Crippen molar-refractivity contribution in [3.63, 3.8) is 0 Å². The first kappa shape index (κ1) is 13.5. The monoisotopic (exact) mass is 272 g/mol. The van der Waals surface area contributed by atoms with E-state index in [1.807, 2.05) is 0 Å². The summed E-state index contributed by atoms with van der Waals surface area (Å²) in [6.45, 7) is -0.170. The molecular formula is C13H12N4O3. The zero-order chi connectivity index (χ0) is 14.2. The van der Waals surface area contributed by atoms with Gasteiger partial charge in [0, 0.05) is 18.0 Å². The second-order valence-corrected chi connectivity index (χ2v) is 3.73. The van der Waals surface area contributed by atoms with Gasteiger partial charge in [0.1, 0.15) is 5.76 Å². The van der Waals surface area contributed by atoms with E-state index in [0.29, 0.717) is 11.3 Å². The topological polar surface area (TPSA) is 96.6 Å². The minimum absolute atomic E-state index is 0.170. The van der Waals surface area contributed by atoms with Gasteiger partial charge >= 0.3 is 0 Å². The molecule has 0 aliphatic carbocycles. The van der Waals surface area contributed by atoms with Gasteiger partial charge in [0.25, 0.3) is 11.8 Å². The first-order chi connectivity index (χ1) is 9.75. The molecule has 0 saturated heterocycles. The van der Waals surface area contributed by atoms with Crippen LogP contribution in [0, 0.1) is 0 Å². The number of rotatable bonds is 5. The number of hydrogen-bond donors (Lipinski definition) is 2. The van der Waals surface area contributed by atoms with Crippen molar-refractivity contribution in [2.45, 2.75) is 0 Å². The van der Waals surface area contributed by atoms with Crippen LogP contribution in [0.4, 0.5) is 0 Å². The molecule has 2 aromatic rings. The maximum Gasteiger partial charge on any atom is 0.259 e. The van der Waals surface area contributed by atoms with E-state index in [1.54, 1.807) is 24.3 Å². The summed E-state index contributed by atoms with van der Waals surface area (Å²) in [5.41, 5.74) is 2.71. The fourth-order valence-electron chi connectivity index (χ4n) is 1.34. The van der Waals surface area contributed by atoms with Crippen molar-refractivity contribution in [2.75, 3.05) is 6.54 Å². The molecule has 0 spiro atoms. The Morgan fingerprint density at radius 2 is 2.10 bits per heavy atom. The van der Waals surface area contributed by atoms with Gasteiger partial charge in [0.2, 0.25) is 0 Å². The molecule has 102 valence electrons. The highest BCUT2D eigenvalue weighted by molar-refractivity contribution is 5.96. The van der Waals surface area contributed by atoms with Crippen LogP contribution in [-0.4, -0.2) is 29.6 Å². The Morgan fingerprint density at radius 3 is 2.80 bits per heavy atom. The van der Waals surface area contributed by atoms with Crippen LogP contribution in [-0.2, 0) is 4.79 Å². The Kier molecular flexibility index (Phi) is 4.60. The van der Waals surface area contributed by atoms with Crippen LogP contribution in [0.2, 0.25) is 0 Å². The number of hydrogen-bond acceptors (Lipinski definition) is 5. The molecular weight excluding hydrogens is 260 g/mol. The van der Waals surface area contributed by atoms with E-state index in [0.717, 1.165) is 0 Å². The lowest BCUT2D eigenvalue weighted by Gasteiger charge is -2.03. The number of nitrogens with zero attached hydrogens (tertiary/aromatic N) is 2. The van der Waals surface area contributed by atoms with Crippen molar-refractivity contribution in [1.29, 1.82) is 0 Å². The van der Waals surface area contributed by atoms with Gasteiger partial charge in [-0.05, 0) is 24.3 Å². The van der Waals surface area contributed by atoms with Crippen LogP contribution in [0.1, 0.15) is 16.1 Å². The standard InChI is InChI=1S/C13H12N4O3/c18-12(17-16-8-11-2-1-7-20-11)9-15-13(19)10-3-5-14-6-4-10/h1-8H,9H2,(H,15,19)(H,17,18)/b16-8+. The lowest BCUT2D eigenvalue weighted by molar-refractivity contribution is -0.120. The summed E-state index contributed by atoms with van der Waals surface area (Å²) in [4.78, 5) is 26.9. The van der Waals surface area contributed by atoms with Crippen LogP contribution in [0.25, 0.3) is 0 Å². The van der Waals surface area contributed by atoms with Crippen molar-refractivity contribution in [2.24, 2.45) is 5.10 Å². The Bertz CT molecular complexity index is 593. The summed E-state index contributed by atoms with van der Waals surface area (Å²) in [6.07, 6.45) is 5.87. The predicted octanol–water partition coefficient (Wildman–Crippen LogP) is 0.555. The number of nitrogens with one attached hydrogen (secondary N) is 2. The van der Waals surface area contributed by atoms with E-state index in [-0.39, 0.29) is 12.5 Å². The molecule has 0 unspecified atom stereocenters. The van der Waals surface area contributed by atoms with E-state index in [4.69, 9.17) is 4.42 Å². The third-order valence-corrected chi connectivity index (χ3v) is 2.28. The second-order valence-electron chi connectivity index (χ2n) is 3.73. The van der Waals surface area contributed by atoms with Crippen molar-refractivity contribution in [1.82, 2.24) is 15.7 Å². The molecule has 20 heavy (non-hydrogen) atoms. The van der Waals surface area contributed by atoms with E-state index < -0.39 is 5.91 Å². The highest BCUT2D eigenvalue weighted by atomic mass is 16.3. The van der Waals surface area contributed by atoms with E-state index in [1.165, 1.54) is 24.9 Å². The normalized spacial score (nSPS) is 10.4. The first-order valence-corrected chi connectivity index (χ1v) is 5.79. The highest BCUT2D eigenvalue weighted by Gasteiger charge is 2.06. The fraction of sp³-hybridized carbons (Fsp3) is 0.0769. The van der Waals surface area contributed by atoms with Crippen molar-refractivity contribution >= 4 is 18.0 Å². The SMILES string of the molecule is O=C(CNC(=O)c1ccncc1)N/N=C/c1ccco1. The number of amides is 2. The summed E-state index contributed by atoms with van der Waals surface area (Å²) < 4.78 is 5.00. The molecule has 2 aromatic heterocycles. The third-order valence-electron chi connectivity index (χ3n) is 2.28. The molecule has 7 heteroatoms. The van der Waals surface area contributed by atoms with E-state index >= 15 is 0 Å². The van der Waals surface area contributed by atoms with Crippen LogP contribution in [0.15, 0.2) is 52.4 Å². The molecule has 2 amide bonds. The Morgan fingerprint density at radius 1 is 1.30 bits per heavy atom. The zero-order valence-electron chi connectivity index (χ0n) is 10.4. The summed E-state index contributed by atoms with van der Waals surface area (Å²) in [5.74, 6) is -0.265. The number of hydrazone groups is 1. The molecule has 0 atom stereocenters. The lowest BCUT2D eigenvalue weighted by atomic mass is 10.2. The largest absolute Gasteiger partial charge is 0.463 e. The number of aromatic nitrogens is 1. The molecule has 0 radical (unpaired) electrons. The molecule has 0 aliphatic heterocycles. The molecule has 0 aromatic carbocycles. The molecule has 7 nitrogen and oxygen atoms in total. The number of carbonyl (C=O) groups excluding carboxylic acids is 2. The van der Waals surface area contributed by atoms with Gasteiger partial charge in [-0.3, -0.25) is 14.6 Å². The van der Waals surface area contributed by atoms with Gasteiger partial charge in [-0.15, -0.1) is 0 Å². The summed E-state index contributed by atoms with van der Waals surface area (Å²) in [5, 5.41) is 6.15. The smallest absolute Gasteiger partial charge is 0.259 e. The first-order valence-electron chi connectivity index (χ1n) is 5.79. The molecule has 2 heterocycles. The minimum Gasteiger partial charge on any atom is -0.463 e. The predicted molar refractivity (Wildman–Crippen MR) is 71.0 cm³/mol. The van der Waals surface area contributed by atoms with Gasteiger partial charge in [-0.2, -0.15) is 5.10 Å². The number of furan rings is 1. The Hall–Kier alpha value is -2.96. The van der Waals surface area contributed by atoms with Crippen LogP contribution in [0.3, 0.4) is 0 Å². The molecule has 0 aliphatic rings. The van der Waals surface area contributed by atoms with Crippen LogP contribution in [0.5, 0.6) is 0 Å². The maximum atomic E-state index is 11.6. The lowest BCUT2D eigenvalue weighted by Crippen LogP contribution is -2.34. The average Bonchev–Trinajstić information content (AvgIpc) is 2.99. The van der Waals surface area contributed by atoms with E-state index in [2.05, 4.69) is 20.8 Å². The second kappa shape index (κ2) is 6.83. The minimum atomic E-state index is -0.435. The van der Waals surface area contributed by atoms with E-state index in [9.17, 15) is 9.59 Å². The summed E-state index contributed by atoms with van der Waals surface area (Å²) in [7, 11) is 0. The summed E-state index contributed by atoms with van der Waals surface area (Å²) >= 11 is 0. The summed E-state index contributed by atoms with van der Waals surface area (Å²) in [6, 6.07) is 6.52. The maximum absolute atomic E-state index is 11.6. The third kappa shape index (κ3) is 4.05. The zero-order valence-corrected chi connectivity index (χ0v) is 10.4. The van der Waals surface area contributed by atoms with Crippen molar-refractivity contribution < 1.29 is 14.0 Å². The van der Waals surface area contributed by atoms with Crippen molar-refractivity contribution in [3.8, 4) is 0 Å². The van der Waals surface area contributed by atoms with Gasteiger partial charge in [-0.1, -0.05) is 0 Å². The molecule has 0 bridgehead atoms. The average molecular weight is 272 g/mol. The number of pyridine rings is 1. The molecule has 0 fully saturated rings. The van der Waals surface area contributed by atoms with Gasteiger partial charge in [0.15, 0.2) is 0 Å². The molecule has 2 rings (SSSR count). The van der Waals surface area contributed by atoms with Crippen LogP contribution >= 0.6 is 0 Å². The Balaban J connectivity index is 1.74. The highest BCUT2D eigenvalue weighted by Crippen LogP contribution is 1.95. The van der Waals surface area contributed by atoms with Gasteiger partial charge in [-0.25, -0.2) is 5.43 Å². The van der Waals surface area contributed by atoms with Crippen molar-refractivity contribution in [3.05, 3.63) is 54.2 Å². The molecule has 0 saturated carbocycles. The Labute approximate surface area is 114 Å². The van der Waals surface area contributed by atoms with Crippen LogP contribution < -0.4 is 10.7 Å². The number of carbonyl (C=O) groups is 2.